The molecule has 0 bridgehead atoms. The van der Waals surface area contributed by atoms with Gasteiger partial charge < -0.3 is 29.4 Å². The molecule has 0 saturated carbocycles. The number of halogens is 1. The number of carbonyl (C=O) groups excluding carboxylic acids is 1. The molecule has 174 valence electrons. The van der Waals surface area contributed by atoms with Crippen LogP contribution in [0.4, 0.5) is 14.9 Å². The first-order chi connectivity index (χ1) is 15.9. The van der Waals surface area contributed by atoms with Crippen LogP contribution < -0.4 is 20.9 Å². The SMILES string of the molecule is COCC1(COC)C[C@@H](NC(=O)Nc2cccc3c2ccc(=O)n3C)c2cc(F)ccc2O1. The standard InChI is InChI=1S/C24H26FN3O5/c1-28-20-6-4-5-18(16(20)8-10-22(28)29)26-23(30)27-19-12-24(13-31-2,14-32-3)33-21-9-7-15(25)11-17(19)21/h4-11,19H,12-14H2,1-3H3,(H2,26,27,30)/t19-/m1/s1. The summed E-state index contributed by atoms with van der Waals surface area (Å²) in [5.41, 5.74) is 0.792. The molecule has 1 aliphatic rings. The number of aryl methyl sites for hydroxylation is 1. The van der Waals surface area contributed by atoms with Crippen LogP contribution in [0.15, 0.2) is 53.3 Å². The molecule has 2 aromatic carbocycles. The zero-order valence-electron chi connectivity index (χ0n) is 18.7. The molecule has 9 heteroatoms. The van der Waals surface area contributed by atoms with Gasteiger partial charge in [0.05, 0.1) is 30.5 Å². The summed E-state index contributed by atoms with van der Waals surface area (Å²) in [5.74, 6) is 0.0349. The van der Waals surface area contributed by atoms with Crippen LogP contribution in [0.3, 0.4) is 0 Å². The smallest absolute Gasteiger partial charge is 0.319 e. The third kappa shape index (κ3) is 4.55. The molecule has 1 atom stereocenters. The third-order valence-corrected chi connectivity index (χ3v) is 5.79. The maximum atomic E-state index is 14.0. The van der Waals surface area contributed by atoms with E-state index in [-0.39, 0.29) is 18.8 Å². The van der Waals surface area contributed by atoms with E-state index in [9.17, 15) is 14.0 Å². The van der Waals surface area contributed by atoms with Crippen LogP contribution in [-0.2, 0) is 16.5 Å². The number of benzene rings is 2. The summed E-state index contributed by atoms with van der Waals surface area (Å²) in [6, 6.07) is 11.6. The van der Waals surface area contributed by atoms with Gasteiger partial charge in [0.15, 0.2) is 5.60 Å². The number of amides is 2. The Hall–Kier alpha value is -3.43. The number of pyridine rings is 1. The maximum absolute atomic E-state index is 14.0. The van der Waals surface area contributed by atoms with E-state index >= 15 is 0 Å². The number of ether oxygens (including phenoxy) is 3. The summed E-state index contributed by atoms with van der Waals surface area (Å²) >= 11 is 0. The number of methoxy groups -OCH3 is 2. The van der Waals surface area contributed by atoms with Crippen molar-refractivity contribution in [2.24, 2.45) is 7.05 Å². The van der Waals surface area contributed by atoms with Gasteiger partial charge in [0.25, 0.3) is 5.56 Å². The van der Waals surface area contributed by atoms with Gasteiger partial charge in [0.1, 0.15) is 11.6 Å². The van der Waals surface area contributed by atoms with E-state index in [1.807, 2.05) is 0 Å². The van der Waals surface area contributed by atoms with E-state index in [2.05, 4.69) is 10.6 Å². The highest BCUT2D eigenvalue weighted by molar-refractivity contribution is 6.00. The van der Waals surface area contributed by atoms with E-state index in [0.717, 1.165) is 5.39 Å². The lowest BCUT2D eigenvalue weighted by molar-refractivity contribution is -0.0770. The summed E-state index contributed by atoms with van der Waals surface area (Å²) in [4.78, 5) is 25.0. The molecular weight excluding hydrogens is 429 g/mol. The molecule has 0 saturated heterocycles. The zero-order chi connectivity index (χ0) is 23.6. The summed E-state index contributed by atoms with van der Waals surface area (Å²) in [5, 5.41) is 6.51. The van der Waals surface area contributed by atoms with E-state index in [0.29, 0.717) is 28.9 Å². The van der Waals surface area contributed by atoms with Crippen molar-refractivity contribution in [2.45, 2.75) is 18.1 Å². The fraction of sp³-hybridized carbons (Fsp3) is 0.333. The molecule has 1 aliphatic heterocycles. The first kappa shape index (κ1) is 22.8. The number of rotatable bonds is 6. The van der Waals surface area contributed by atoms with Crippen molar-refractivity contribution in [2.75, 3.05) is 32.8 Å². The van der Waals surface area contributed by atoms with Crippen LogP contribution in [0.5, 0.6) is 5.75 Å². The van der Waals surface area contributed by atoms with Crippen molar-refractivity contribution < 1.29 is 23.4 Å². The van der Waals surface area contributed by atoms with E-state index in [1.165, 1.54) is 22.8 Å². The molecule has 0 spiro atoms. The minimum atomic E-state index is -0.843. The molecule has 2 N–H and O–H groups in total. The van der Waals surface area contributed by atoms with E-state index < -0.39 is 23.5 Å². The number of aromatic nitrogens is 1. The number of nitrogens with zero attached hydrogens (tertiary/aromatic N) is 1. The second kappa shape index (κ2) is 9.21. The Morgan fingerprint density at radius 2 is 1.94 bits per heavy atom. The average molecular weight is 455 g/mol. The van der Waals surface area contributed by atoms with Crippen molar-refractivity contribution in [3.8, 4) is 5.75 Å². The number of nitrogens with one attached hydrogen (secondary N) is 2. The van der Waals surface area contributed by atoms with Gasteiger partial charge in [-0.1, -0.05) is 6.07 Å². The molecule has 0 radical (unpaired) electrons. The second-order valence-electron chi connectivity index (χ2n) is 8.16. The maximum Gasteiger partial charge on any atom is 0.319 e. The molecule has 4 rings (SSSR count). The Morgan fingerprint density at radius 3 is 2.67 bits per heavy atom. The van der Waals surface area contributed by atoms with Gasteiger partial charge in [-0.3, -0.25) is 4.79 Å². The Balaban J connectivity index is 1.63. The van der Waals surface area contributed by atoms with E-state index in [4.69, 9.17) is 14.2 Å². The van der Waals surface area contributed by atoms with Gasteiger partial charge in [-0.25, -0.2) is 9.18 Å². The monoisotopic (exact) mass is 455 g/mol. The Morgan fingerprint density at radius 1 is 1.18 bits per heavy atom. The molecule has 33 heavy (non-hydrogen) atoms. The van der Waals surface area contributed by atoms with Crippen LogP contribution in [0.25, 0.3) is 10.9 Å². The molecule has 2 heterocycles. The Bertz CT molecular complexity index is 1240. The first-order valence-corrected chi connectivity index (χ1v) is 10.5. The lowest BCUT2D eigenvalue weighted by Gasteiger charge is -2.41. The molecule has 2 amide bonds. The predicted octanol–water partition coefficient (Wildman–Crippen LogP) is 3.35. The Kier molecular flexibility index (Phi) is 6.35. The van der Waals surface area contributed by atoms with Gasteiger partial charge in [0.2, 0.25) is 0 Å². The summed E-state index contributed by atoms with van der Waals surface area (Å²) in [6.45, 7) is 0.462. The van der Waals surface area contributed by atoms with Gasteiger partial charge in [-0.2, -0.15) is 0 Å². The number of carbonyl (C=O) groups is 1. The lowest BCUT2D eigenvalue weighted by Crippen LogP contribution is -2.51. The predicted molar refractivity (Wildman–Crippen MR) is 122 cm³/mol. The topological polar surface area (TPSA) is 90.8 Å². The van der Waals surface area contributed by atoms with Gasteiger partial charge >= 0.3 is 6.03 Å². The van der Waals surface area contributed by atoms with Crippen molar-refractivity contribution in [3.63, 3.8) is 0 Å². The molecular formula is C24H26FN3O5. The van der Waals surface area contributed by atoms with Gasteiger partial charge in [-0.15, -0.1) is 0 Å². The number of urea groups is 1. The zero-order valence-corrected chi connectivity index (χ0v) is 18.7. The van der Waals surface area contributed by atoms with Crippen LogP contribution in [0.2, 0.25) is 0 Å². The summed E-state index contributed by atoms with van der Waals surface area (Å²) < 4.78 is 32.4. The summed E-state index contributed by atoms with van der Waals surface area (Å²) in [6.07, 6.45) is 0.322. The minimum Gasteiger partial charge on any atom is -0.482 e. The molecule has 1 aromatic heterocycles. The number of fused-ring (bicyclic) bond motifs is 2. The van der Waals surface area contributed by atoms with Gasteiger partial charge in [0, 0.05) is 44.7 Å². The average Bonchev–Trinajstić information content (AvgIpc) is 2.77. The van der Waals surface area contributed by atoms with Crippen molar-refractivity contribution >= 4 is 22.6 Å². The largest absolute Gasteiger partial charge is 0.482 e. The molecule has 0 fully saturated rings. The van der Waals surface area contributed by atoms with Crippen LogP contribution in [0, 0.1) is 5.82 Å². The van der Waals surface area contributed by atoms with Crippen LogP contribution in [-0.4, -0.2) is 43.6 Å². The first-order valence-electron chi connectivity index (χ1n) is 10.5. The second-order valence-corrected chi connectivity index (χ2v) is 8.16. The molecule has 8 nitrogen and oxygen atoms in total. The van der Waals surface area contributed by atoms with Crippen LogP contribution >= 0.6 is 0 Å². The fourth-order valence-electron chi connectivity index (χ4n) is 4.35. The van der Waals surface area contributed by atoms with Crippen LogP contribution in [0.1, 0.15) is 18.0 Å². The minimum absolute atomic E-state index is 0.141. The quantitative estimate of drug-likeness (QED) is 0.595. The highest BCUT2D eigenvalue weighted by Gasteiger charge is 2.42. The highest BCUT2D eigenvalue weighted by atomic mass is 19.1. The Labute approximate surface area is 190 Å². The third-order valence-electron chi connectivity index (χ3n) is 5.79. The van der Waals surface area contributed by atoms with E-state index in [1.54, 1.807) is 51.6 Å². The van der Waals surface area contributed by atoms with Crippen molar-refractivity contribution in [1.29, 1.82) is 0 Å². The van der Waals surface area contributed by atoms with Gasteiger partial charge in [-0.05, 0) is 36.4 Å². The van der Waals surface area contributed by atoms with Crippen molar-refractivity contribution in [1.82, 2.24) is 9.88 Å². The highest BCUT2D eigenvalue weighted by Crippen LogP contribution is 2.40. The number of hydrogen-bond acceptors (Lipinski definition) is 5. The molecule has 3 aromatic rings. The molecule has 0 aliphatic carbocycles. The fourth-order valence-corrected chi connectivity index (χ4v) is 4.35. The lowest BCUT2D eigenvalue weighted by atomic mass is 9.88. The summed E-state index contributed by atoms with van der Waals surface area (Å²) in [7, 11) is 4.79. The number of hydrogen-bond donors (Lipinski definition) is 2. The van der Waals surface area contributed by atoms with Crippen molar-refractivity contribution in [3.05, 3.63) is 70.3 Å². The number of anilines is 1. The molecule has 0 unspecified atom stereocenters. The normalized spacial score (nSPS) is 16.7.